The zero-order chi connectivity index (χ0) is 24.0. The van der Waals surface area contributed by atoms with Gasteiger partial charge in [0.2, 0.25) is 11.8 Å². The van der Waals surface area contributed by atoms with Gasteiger partial charge in [-0.25, -0.2) is 4.79 Å². The largest absolute Gasteiger partial charge is 0.390 e. The van der Waals surface area contributed by atoms with E-state index in [1.54, 1.807) is 12.1 Å². The number of carbonyl (C=O) groups excluding carboxylic acids is 3. The highest BCUT2D eigenvalue weighted by atomic mass is 16.3. The molecule has 0 spiro atoms. The van der Waals surface area contributed by atoms with Gasteiger partial charge < -0.3 is 31.9 Å². The normalized spacial score (nSPS) is 20.8. The Morgan fingerprint density at radius 1 is 1.06 bits per heavy atom. The van der Waals surface area contributed by atoms with Gasteiger partial charge >= 0.3 is 6.03 Å². The minimum Gasteiger partial charge on any atom is -0.390 e. The van der Waals surface area contributed by atoms with Crippen LogP contribution in [0.4, 0.5) is 10.5 Å². The number of rotatable bonds is 7. The molecule has 0 radical (unpaired) electrons. The van der Waals surface area contributed by atoms with Gasteiger partial charge in [0.25, 0.3) is 0 Å². The van der Waals surface area contributed by atoms with Crippen LogP contribution in [0.1, 0.15) is 17.5 Å². The van der Waals surface area contributed by atoms with Crippen LogP contribution >= 0.6 is 0 Å². The number of nitrogens with two attached hydrogens (primary N) is 1. The molecule has 1 aliphatic carbocycles. The van der Waals surface area contributed by atoms with Gasteiger partial charge in [0, 0.05) is 24.1 Å². The third-order valence-electron chi connectivity index (χ3n) is 5.40. The number of hydrogen-bond donors (Lipinski definition) is 6. The minimum atomic E-state index is -1.30. The molecule has 4 atom stereocenters. The quantitative estimate of drug-likeness (QED) is 0.366. The van der Waals surface area contributed by atoms with E-state index in [0.29, 0.717) is 5.69 Å². The molecule has 2 aromatic rings. The molecule has 174 valence electrons. The average molecular weight is 453 g/mol. The van der Waals surface area contributed by atoms with Crippen LogP contribution in [-0.2, 0) is 16.0 Å². The Hall–Kier alpha value is -3.69. The molecule has 0 aliphatic heterocycles. The van der Waals surface area contributed by atoms with E-state index in [9.17, 15) is 24.6 Å². The first-order valence-electron chi connectivity index (χ1n) is 10.6. The van der Waals surface area contributed by atoms with E-state index >= 15 is 0 Å². The van der Waals surface area contributed by atoms with Crippen molar-refractivity contribution in [1.82, 2.24) is 10.6 Å². The SMILES string of the molecule is Cc1ccc(NC(=O)N[C@H]2C=C(C(=O)N[C@H](Cc3ccccc3)C(N)=O)C[C@@H](O)[C@@H]2O)cc1. The maximum absolute atomic E-state index is 12.8. The summed E-state index contributed by atoms with van der Waals surface area (Å²) >= 11 is 0. The lowest BCUT2D eigenvalue weighted by atomic mass is 9.90. The topological polar surface area (TPSA) is 154 Å². The van der Waals surface area contributed by atoms with Crippen molar-refractivity contribution in [2.75, 3.05) is 5.32 Å². The van der Waals surface area contributed by atoms with E-state index in [0.717, 1.165) is 11.1 Å². The number of aliphatic hydroxyl groups is 2. The molecule has 7 N–H and O–H groups in total. The Morgan fingerprint density at radius 2 is 1.73 bits per heavy atom. The Bertz CT molecular complexity index is 1020. The minimum absolute atomic E-state index is 0.132. The van der Waals surface area contributed by atoms with Crippen LogP contribution in [0.3, 0.4) is 0 Å². The first kappa shape index (κ1) is 24.0. The monoisotopic (exact) mass is 452 g/mol. The fourth-order valence-electron chi connectivity index (χ4n) is 3.54. The lowest BCUT2D eigenvalue weighted by Crippen LogP contribution is -2.53. The molecule has 4 amide bonds. The lowest BCUT2D eigenvalue weighted by Gasteiger charge is -2.31. The van der Waals surface area contributed by atoms with Gasteiger partial charge in [-0.2, -0.15) is 0 Å². The van der Waals surface area contributed by atoms with Gasteiger partial charge in [0.15, 0.2) is 0 Å². The molecule has 9 nitrogen and oxygen atoms in total. The predicted molar refractivity (Wildman–Crippen MR) is 123 cm³/mol. The summed E-state index contributed by atoms with van der Waals surface area (Å²) in [4.78, 5) is 37.0. The lowest BCUT2D eigenvalue weighted by molar-refractivity contribution is -0.125. The Morgan fingerprint density at radius 3 is 2.36 bits per heavy atom. The number of benzene rings is 2. The standard InChI is InChI=1S/C24H28N4O5/c1-14-7-9-17(10-8-14)26-24(33)28-18-12-16(13-20(29)21(18)30)23(32)27-19(22(25)31)11-15-5-3-2-4-6-15/h2-10,12,18-21,29-30H,11,13H2,1H3,(H2,25,31)(H,27,32)(H2,26,28,33)/t18-,19+,20+,21+/m0/s1. The van der Waals surface area contributed by atoms with Gasteiger partial charge in [-0.1, -0.05) is 54.1 Å². The van der Waals surface area contributed by atoms with Crippen LogP contribution < -0.4 is 21.7 Å². The van der Waals surface area contributed by atoms with Gasteiger partial charge in [-0.3, -0.25) is 9.59 Å². The fourth-order valence-corrected chi connectivity index (χ4v) is 3.54. The predicted octanol–water partition coefficient (Wildman–Crippen LogP) is 0.750. The highest BCUT2D eigenvalue weighted by Crippen LogP contribution is 2.20. The molecular weight excluding hydrogens is 424 g/mol. The van der Waals surface area contributed by atoms with Crippen molar-refractivity contribution in [1.29, 1.82) is 0 Å². The molecule has 0 bridgehead atoms. The first-order chi connectivity index (χ1) is 15.7. The summed E-state index contributed by atoms with van der Waals surface area (Å²) in [6.07, 6.45) is -1.13. The zero-order valence-electron chi connectivity index (χ0n) is 18.2. The van der Waals surface area contributed by atoms with E-state index in [2.05, 4.69) is 16.0 Å². The average Bonchev–Trinajstić information content (AvgIpc) is 2.78. The summed E-state index contributed by atoms with van der Waals surface area (Å²) in [5, 5.41) is 28.3. The van der Waals surface area contributed by atoms with Crippen LogP contribution in [0.2, 0.25) is 0 Å². The zero-order valence-corrected chi connectivity index (χ0v) is 18.2. The van der Waals surface area contributed by atoms with E-state index < -0.39 is 42.1 Å². The molecule has 0 aromatic heterocycles. The van der Waals surface area contributed by atoms with Crippen molar-refractivity contribution < 1.29 is 24.6 Å². The van der Waals surface area contributed by atoms with Crippen molar-refractivity contribution in [3.8, 4) is 0 Å². The van der Waals surface area contributed by atoms with Crippen molar-refractivity contribution in [2.24, 2.45) is 5.73 Å². The van der Waals surface area contributed by atoms with Gasteiger partial charge in [-0.15, -0.1) is 0 Å². The van der Waals surface area contributed by atoms with E-state index in [1.165, 1.54) is 6.08 Å². The number of hydrogen-bond acceptors (Lipinski definition) is 5. The van der Waals surface area contributed by atoms with Crippen LogP contribution in [0.15, 0.2) is 66.2 Å². The maximum Gasteiger partial charge on any atom is 0.319 e. The number of primary amides is 1. The number of urea groups is 1. The molecule has 0 heterocycles. The fraction of sp³-hybridized carbons (Fsp3) is 0.292. The van der Waals surface area contributed by atoms with Crippen molar-refractivity contribution in [2.45, 2.75) is 44.1 Å². The highest BCUT2D eigenvalue weighted by molar-refractivity contribution is 5.97. The van der Waals surface area contributed by atoms with E-state index in [4.69, 9.17) is 5.73 Å². The number of carbonyl (C=O) groups is 3. The van der Waals surface area contributed by atoms with Crippen LogP contribution in [0.5, 0.6) is 0 Å². The molecule has 0 fully saturated rings. The second-order valence-corrected chi connectivity index (χ2v) is 8.06. The summed E-state index contributed by atoms with van der Waals surface area (Å²) in [5.74, 6) is -1.30. The van der Waals surface area contributed by atoms with Gasteiger partial charge in [0.1, 0.15) is 12.1 Å². The Kier molecular flexibility index (Phi) is 7.81. The van der Waals surface area contributed by atoms with Crippen LogP contribution in [0.25, 0.3) is 0 Å². The smallest absolute Gasteiger partial charge is 0.319 e. The molecule has 3 rings (SSSR count). The number of aliphatic hydroxyl groups excluding tert-OH is 2. The maximum atomic E-state index is 12.8. The molecule has 2 aromatic carbocycles. The molecular formula is C24H28N4O5. The summed E-state index contributed by atoms with van der Waals surface area (Å²) in [6, 6.07) is 13.6. The molecule has 0 saturated heterocycles. The Labute approximate surface area is 191 Å². The molecule has 1 aliphatic rings. The van der Waals surface area contributed by atoms with Crippen molar-refractivity contribution >= 4 is 23.5 Å². The number of anilines is 1. The van der Waals surface area contributed by atoms with Gasteiger partial charge in [-0.05, 0) is 24.6 Å². The summed E-state index contributed by atoms with van der Waals surface area (Å²) in [6.45, 7) is 1.92. The highest BCUT2D eigenvalue weighted by Gasteiger charge is 2.34. The number of nitrogens with one attached hydrogen (secondary N) is 3. The third-order valence-corrected chi connectivity index (χ3v) is 5.40. The second kappa shape index (κ2) is 10.8. The van der Waals surface area contributed by atoms with E-state index in [1.807, 2.05) is 49.4 Å². The summed E-state index contributed by atoms with van der Waals surface area (Å²) < 4.78 is 0. The van der Waals surface area contributed by atoms with Gasteiger partial charge in [0.05, 0.1) is 12.1 Å². The second-order valence-electron chi connectivity index (χ2n) is 8.06. The van der Waals surface area contributed by atoms with E-state index in [-0.39, 0.29) is 18.4 Å². The summed E-state index contributed by atoms with van der Waals surface area (Å²) in [5.41, 5.74) is 8.00. The summed E-state index contributed by atoms with van der Waals surface area (Å²) in [7, 11) is 0. The molecule has 9 heteroatoms. The Balaban J connectivity index is 1.68. The number of amides is 4. The van der Waals surface area contributed by atoms with Crippen LogP contribution in [0, 0.1) is 6.92 Å². The van der Waals surface area contributed by atoms with Crippen molar-refractivity contribution in [3.63, 3.8) is 0 Å². The number of aryl methyl sites for hydroxylation is 1. The molecule has 33 heavy (non-hydrogen) atoms. The third kappa shape index (κ3) is 6.64. The van der Waals surface area contributed by atoms with Crippen molar-refractivity contribution in [3.05, 3.63) is 77.4 Å². The molecule has 0 unspecified atom stereocenters. The molecule has 0 saturated carbocycles. The first-order valence-corrected chi connectivity index (χ1v) is 10.6. The van der Waals surface area contributed by atoms with Crippen LogP contribution in [-0.4, -0.2) is 52.4 Å².